The molecule has 0 unspecified atom stereocenters. The minimum absolute atomic E-state index is 0.266. The lowest BCUT2D eigenvalue weighted by Gasteiger charge is -2.32. The Labute approximate surface area is 243 Å². The molecule has 3 aromatic rings. The summed E-state index contributed by atoms with van der Waals surface area (Å²) in [7, 11) is 0. The van der Waals surface area contributed by atoms with Crippen molar-refractivity contribution in [2.75, 3.05) is 39.3 Å². The number of carbonyl (C=O) groups excluding carboxylic acids is 1. The number of carbonyl (C=O) groups is 2. The molecule has 4 rings (SSSR count). The van der Waals surface area contributed by atoms with E-state index in [4.69, 9.17) is 14.6 Å². The average molecular weight is 557 g/mol. The van der Waals surface area contributed by atoms with Crippen LogP contribution in [0.5, 0.6) is 11.5 Å². The van der Waals surface area contributed by atoms with Crippen molar-refractivity contribution in [3.8, 4) is 11.5 Å². The molecule has 1 aliphatic rings. The summed E-state index contributed by atoms with van der Waals surface area (Å²) < 4.78 is 11.6. The molecule has 7 heteroatoms. The largest absolute Gasteiger partial charge is 0.492 e. The second-order valence-corrected chi connectivity index (χ2v) is 11.2. The van der Waals surface area contributed by atoms with E-state index >= 15 is 0 Å². The fourth-order valence-electron chi connectivity index (χ4n) is 4.80. The molecule has 0 spiro atoms. The third kappa shape index (κ3) is 7.98. The maximum absolute atomic E-state index is 12.4. The van der Waals surface area contributed by atoms with E-state index in [2.05, 4.69) is 48.2 Å². The van der Waals surface area contributed by atoms with E-state index in [9.17, 15) is 9.59 Å². The molecule has 1 N–H and O–H groups in total. The molecular formula is C34H40N2O5. The number of benzene rings is 3. The van der Waals surface area contributed by atoms with E-state index in [1.165, 1.54) is 10.5 Å². The molecule has 41 heavy (non-hydrogen) atoms. The van der Waals surface area contributed by atoms with E-state index in [-0.39, 0.29) is 5.97 Å². The van der Waals surface area contributed by atoms with Crippen molar-refractivity contribution >= 4 is 23.2 Å². The van der Waals surface area contributed by atoms with Crippen LogP contribution in [0.25, 0.3) is 11.1 Å². The maximum atomic E-state index is 12.4. The van der Waals surface area contributed by atoms with Gasteiger partial charge in [-0.05, 0) is 79.3 Å². The van der Waals surface area contributed by atoms with Gasteiger partial charge in [-0.2, -0.15) is 0 Å². The number of hydrogen-bond acceptors (Lipinski definition) is 5. The van der Waals surface area contributed by atoms with Gasteiger partial charge in [-0.3, -0.25) is 9.69 Å². The van der Waals surface area contributed by atoms with Gasteiger partial charge in [-0.1, -0.05) is 61.5 Å². The smallest absolute Gasteiger partial charge is 0.407 e. The van der Waals surface area contributed by atoms with Gasteiger partial charge in [0.05, 0.1) is 5.41 Å². The number of piperazine rings is 1. The Morgan fingerprint density at radius 2 is 1.34 bits per heavy atom. The van der Waals surface area contributed by atoms with Crippen LogP contribution in [0.1, 0.15) is 50.8 Å². The molecule has 1 heterocycles. The number of nitrogens with zero attached hydrogens (tertiary/aromatic N) is 2. The van der Waals surface area contributed by atoms with E-state index < -0.39 is 11.5 Å². The predicted molar refractivity (Wildman–Crippen MR) is 162 cm³/mol. The molecule has 0 radical (unpaired) electrons. The van der Waals surface area contributed by atoms with E-state index in [0.717, 1.165) is 54.1 Å². The fraction of sp³-hybridized carbons (Fsp3) is 0.353. The lowest BCUT2D eigenvalue weighted by Crippen LogP contribution is -2.49. The topological polar surface area (TPSA) is 79.3 Å². The van der Waals surface area contributed by atoms with Gasteiger partial charge in [0, 0.05) is 32.7 Å². The quantitative estimate of drug-likeness (QED) is 0.180. The Morgan fingerprint density at radius 1 is 0.780 bits per heavy atom. The predicted octanol–water partition coefficient (Wildman–Crippen LogP) is 6.68. The minimum Gasteiger partial charge on any atom is -0.492 e. The van der Waals surface area contributed by atoms with Crippen molar-refractivity contribution in [3.05, 3.63) is 95.6 Å². The van der Waals surface area contributed by atoms with Gasteiger partial charge in [0.25, 0.3) is 0 Å². The number of esters is 1. The third-order valence-electron chi connectivity index (χ3n) is 7.21. The van der Waals surface area contributed by atoms with Crippen molar-refractivity contribution in [1.82, 2.24) is 9.80 Å². The second kappa shape index (κ2) is 13.5. The van der Waals surface area contributed by atoms with Crippen molar-refractivity contribution in [2.24, 2.45) is 5.41 Å². The summed E-state index contributed by atoms with van der Waals surface area (Å²) in [6.07, 6.45) is -0.0131. The van der Waals surface area contributed by atoms with Gasteiger partial charge in [-0.15, -0.1) is 0 Å². The highest BCUT2D eigenvalue weighted by Gasteiger charge is 2.24. The SMILES string of the molecule is CC/C(=C(/c1ccc(OCCN2CCN(C(=O)O)CC2)cc1)c1ccc(OC(=O)C(C)(C)C)cc1)c1ccccc1. The van der Waals surface area contributed by atoms with Gasteiger partial charge in [0.2, 0.25) is 0 Å². The van der Waals surface area contributed by atoms with Gasteiger partial charge < -0.3 is 19.5 Å². The summed E-state index contributed by atoms with van der Waals surface area (Å²) in [6.45, 7) is 11.5. The summed E-state index contributed by atoms with van der Waals surface area (Å²) >= 11 is 0. The number of hydrogen-bond donors (Lipinski definition) is 1. The number of carboxylic acid groups (broad SMARTS) is 1. The number of rotatable bonds is 9. The summed E-state index contributed by atoms with van der Waals surface area (Å²) in [6, 6.07) is 26.3. The van der Waals surface area contributed by atoms with E-state index in [0.29, 0.717) is 25.4 Å². The zero-order valence-corrected chi connectivity index (χ0v) is 24.4. The molecule has 0 aliphatic carbocycles. The van der Waals surface area contributed by atoms with Crippen LogP contribution >= 0.6 is 0 Å². The Kier molecular flexibility index (Phi) is 9.84. The van der Waals surface area contributed by atoms with Crippen LogP contribution in [0.2, 0.25) is 0 Å². The lowest BCUT2D eigenvalue weighted by atomic mass is 9.88. The highest BCUT2D eigenvalue weighted by molar-refractivity contribution is 5.98. The summed E-state index contributed by atoms with van der Waals surface area (Å²) in [5.41, 5.74) is 5.04. The third-order valence-corrected chi connectivity index (χ3v) is 7.21. The fourth-order valence-corrected chi connectivity index (χ4v) is 4.80. The number of amides is 1. The molecule has 1 saturated heterocycles. The van der Waals surface area contributed by atoms with Crippen LogP contribution in [-0.4, -0.2) is 66.3 Å². The van der Waals surface area contributed by atoms with Gasteiger partial charge >= 0.3 is 12.1 Å². The van der Waals surface area contributed by atoms with E-state index in [1.54, 1.807) is 0 Å². The van der Waals surface area contributed by atoms with Crippen LogP contribution in [0.4, 0.5) is 4.79 Å². The first-order valence-corrected chi connectivity index (χ1v) is 14.2. The van der Waals surface area contributed by atoms with Crippen LogP contribution in [-0.2, 0) is 4.79 Å². The second-order valence-electron chi connectivity index (χ2n) is 11.2. The van der Waals surface area contributed by atoms with Gasteiger partial charge in [-0.25, -0.2) is 4.79 Å². The molecule has 7 nitrogen and oxygen atoms in total. The van der Waals surface area contributed by atoms with Crippen molar-refractivity contribution in [2.45, 2.75) is 34.1 Å². The molecule has 216 valence electrons. The monoisotopic (exact) mass is 556 g/mol. The van der Waals surface area contributed by atoms with E-state index in [1.807, 2.05) is 63.2 Å². The van der Waals surface area contributed by atoms with Gasteiger partial charge in [0.1, 0.15) is 18.1 Å². The van der Waals surface area contributed by atoms with Gasteiger partial charge in [0.15, 0.2) is 0 Å². The zero-order valence-electron chi connectivity index (χ0n) is 24.4. The van der Waals surface area contributed by atoms with Crippen molar-refractivity contribution < 1.29 is 24.2 Å². The van der Waals surface area contributed by atoms with Crippen molar-refractivity contribution in [3.63, 3.8) is 0 Å². The summed E-state index contributed by atoms with van der Waals surface area (Å²) in [5, 5.41) is 9.13. The highest BCUT2D eigenvalue weighted by Crippen LogP contribution is 2.36. The van der Waals surface area contributed by atoms with Crippen LogP contribution in [0.3, 0.4) is 0 Å². The first kappa shape index (κ1) is 29.9. The van der Waals surface area contributed by atoms with Crippen LogP contribution in [0, 0.1) is 5.41 Å². The highest BCUT2D eigenvalue weighted by atomic mass is 16.5. The Balaban J connectivity index is 1.52. The van der Waals surface area contributed by atoms with Crippen LogP contribution < -0.4 is 9.47 Å². The molecule has 0 aromatic heterocycles. The first-order chi connectivity index (χ1) is 19.7. The molecular weight excluding hydrogens is 516 g/mol. The molecule has 0 bridgehead atoms. The molecule has 1 aliphatic heterocycles. The normalized spacial score (nSPS) is 14.8. The Bertz CT molecular complexity index is 1330. The van der Waals surface area contributed by atoms with Crippen LogP contribution in [0.15, 0.2) is 78.9 Å². The zero-order chi connectivity index (χ0) is 29.4. The number of ether oxygens (including phenoxy) is 2. The average Bonchev–Trinajstić information content (AvgIpc) is 2.97. The van der Waals surface area contributed by atoms with Crippen molar-refractivity contribution in [1.29, 1.82) is 0 Å². The summed E-state index contributed by atoms with van der Waals surface area (Å²) in [4.78, 5) is 27.2. The Hall–Kier alpha value is -4.10. The molecule has 1 amide bonds. The standard InChI is InChI=1S/C34H40N2O5/c1-5-30(25-9-7-6-8-10-25)31(27-13-17-29(18-14-27)41-32(37)34(2,3)4)26-11-15-28(16-12-26)40-24-23-35-19-21-36(22-20-35)33(38)39/h6-18H,5,19-24H2,1-4H3,(H,38,39)/b31-30+. The molecule has 3 aromatic carbocycles. The number of allylic oxidation sites excluding steroid dienone is 1. The lowest BCUT2D eigenvalue weighted by molar-refractivity contribution is -0.143. The minimum atomic E-state index is -0.854. The summed E-state index contributed by atoms with van der Waals surface area (Å²) in [5.74, 6) is 1.05. The molecule has 0 atom stereocenters. The maximum Gasteiger partial charge on any atom is 0.407 e. The Morgan fingerprint density at radius 3 is 1.85 bits per heavy atom. The first-order valence-electron chi connectivity index (χ1n) is 14.2. The molecule has 1 fully saturated rings. The molecule has 0 saturated carbocycles.